The Morgan fingerprint density at radius 3 is 2.15 bits per heavy atom. The van der Waals surface area contributed by atoms with Gasteiger partial charge in [-0.3, -0.25) is 4.79 Å². The largest absolute Gasteiger partial charge is 0.368 e. The minimum absolute atomic E-state index is 0.0720. The lowest BCUT2D eigenvalue weighted by Gasteiger charge is -2.37. The molecule has 4 rings (SSSR count). The molecule has 1 amide bonds. The molecule has 34 heavy (non-hydrogen) atoms. The fourth-order valence-electron chi connectivity index (χ4n) is 3.90. The molecule has 1 aliphatic rings. The minimum Gasteiger partial charge on any atom is -0.368 e. The first-order chi connectivity index (χ1) is 16.3. The second-order valence-corrected chi connectivity index (χ2v) is 10.9. The van der Waals surface area contributed by atoms with Crippen molar-refractivity contribution < 1.29 is 13.2 Å². The van der Waals surface area contributed by atoms with Crippen LogP contribution in [0.3, 0.4) is 0 Å². The van der Waals surface area contributed by atoms with E-state index in [-0.39, 0.29) is 23.9 Å². The molecule has 0 aliphatic carbocycles. The second kappa shape index (κ2) is 10.8. The Balaban J connectivity index is 1.48. The molecule has 9 heteroatoms. The third-order valence-corrected chi connectivity index (χ3v) is 8.06. The zero-order valence-corrected chi connectivity index (χ0v) is 20.8. The fourth-order valence-corrected chi connectivity index (χ4v) is 5.61. The van der Waals surface area contributed by atoms with Crippen molar-refractivity contribution in [3.63, 3.8) is 0 Å². The Labute approximate surface area is 210 Å². The van der Waals surface area contributed by atoms with E-state index in [4.69, 9.17) is 23.2 Å². The van der Waals surface area contributed by atoms with Gasteiger partial charge in [0.25, 0.3) is 0 Å². The zero-order chi connectivity index (χ0) is 24.1. The van der Waals surface area contributed by atoms with Gasteiger partial charge in [0.15, 0.2) is 0 Å². The highest BCUT2D eigenvalue weighted by atomic mass is 35.5. The van der Waals surface area contributed by atoms with Gasteiger partial charge in [-0.15, -0.1) is 0 Å². The number of hydrogen-bond donors (Lipinski definition) is 0. The van der Waals surface area contributed by atoms with Crippen molar-refractivity contribution in [3.8, 4) is 0 Å². The number of anilines is 1. The number of sulfonamides is 1. The maximum Gasteiger partial charge on any atom is 0.243 e. The number of piperazine rings is 1. The molecule has 3 aromatic rings. The van der Waals surface area contributed by atoms with Gasteiger partial charge >= 0.3 is 0 Å². The van der Waals surface area contributed by atoms with Crippen LogP contribution in [0.4, 0.5) is 5.69 Å². The molecule has 0 aromatic heterocycles. The van der Waals surface area contributed by atoms with Crippen LogP contribution in [0.15, 0.2) is 83.8 Å². The van der Waals surface area contributed by atoms with Crippen LogP contribution in [0.1, 0.15) is 5.56 Å². The van der Waals surface area contributed by atoms with E-state index >= 15 is 0 Å². The van der Waals surface area contributed by atoms with Crippen molar-refractivity contribution >= 4 is 44.8 Å². The van der Waals surface area contributed by atoms with Crippen molar-refractivity contribution in [1.82, 2.24) is 9.21 Å². The van der Waals surface area contributed by atoms with Gasteiger partial charge in [0, 0.05) is 48.5 Å². The summed E-state index contributed by atoms with van der Waals surface area (Å²) in [6.45, 7) is 2.14. The molecular formula is C25H25Cl2N3O3S. The molecule has 178 valence electrons. The normalized spacial score (nSPS) is 14.4. The van der Waals surface area contributed by atoms with Gasteiger partial charge in [-0.2, -0.15) is 4.31 Å². The molecule has 1 saturated heterocycles. The third-order valence-electron chi connectivity index (χ3n) is 5.77. The number of rotatable bonds is 7. The summed E-state index contributed by atoms with van der Waals surface area (Å²) in [5.74, 6) is -0.223. The Kier molecular flexibility index (Phi) is 7.78. The van der Waals surface area contributed by atoms with Crippen molar-refractivity contribution in [2.24, 2.45) is 0 Å². The summed E-state index contributed by atoms with van der Waals surface area (Å²) in [5.41, 5.74) is 1.76. The van der Waals surface area contributed by atoms with E-state index in [0.29, 0.717) is 36.2 Å². The van der Waals surface area contributed by atoms with Crippen LogP contribution in [0, 0.1) is 0 Å². The zero-order valence-electron chi connectivity index (χ0n) is 18.5. The molecule has 0 bridgehead atoms. The van der Waals surface area contributed by atoms with Crippen LogP contribution >= 0.6 is 23.2 Å². The van der Waals surface area contributed by atoms with Crippen molar-refractivity contribution in [2.45, 2.75) is 11.4 Å². The summed E-state index contributed by atoms with van der Waals surface area (Å²) < 4.78 is 28.0. The molecule has 3 aromatic carbocycles. The van der Waals surface area contributed by atoms with Gasteiger partial charge in [-0.1, -0.05) is 59.6 Å². The lowest BCUT2D eigenvalue weighted by atomic mass is 10.2. The van der Waals surface area contributed by atoms with Crippen molar-refractivity contribution in [3.05, 3.63) is 94.5 Å². The highest BCUT2D eigenvalue weighted by Gasteiger charge is 2.30. The Bertz CT molecular complexity index is 1230. The highest BCUT2D eigenvalue weighted by molar-refractivity contribution is 7.89. The molecule has 0 spiro atoms. The smallest absolute Gasteiger partial charge is 0.243 e. The third kappa shape index (κ3) is 5.91. The van der Waals surface area contributed by atoms with Crippen LogP contribution in [-0.4, -0.2) is 56.3 Å². The summed E-state index contributed by atoms with van der Waals surface area (Å²) in [7, 11) is -3.87. The molecule has 1 heterocycles. The quantitative estimate of drug-likeness (QED) is 0.461. The molecule has 1 fully saturated rings. The summed E-state index contributed by atoms with van der Waals surface area (Å²) >= 11 is 12.1. The van der Waals surface area contributed by atoms with E-state index in [1.165, 1.54) is 4.31 Å². The van der Waals surface area contributed by atoms with Crippen LogP contribution in [0.25, 0.3) is 0 Å². The maximum atomic E-state index is 13.4. The molecule has 0 radical (unpaired) electrons. The van der Waals surface area contributed by atoms with Crippen LogP contribution in [0.2, 0.25) is 10.0 Å². The number of halogens is 2. The average molecular weight is 518 g/mol. The lowest BCUT2D eigenvalue weighted by molar-refractivity contribution is -0.131. The first kappa shape index (κ1) is 24.5. The minimum atomic E-state index is -3.87. The number of carbonyl (C=O) groups is 1. The van der Waals surface area contributed by atoms with Gasteiger partial charge in [-0.05, 0) is 48.0 Å². The predicted octanol–water partition coefficient (Wildman–Crippen LogP) is 4.53. The fraction of sp³-hybridized carbons (Fsp3) is 0.240. The number of amides is 1. The summed E-state index contributed by atoms with van der Waals surface area (Å²) in [6, 6.07) is 22.8. The van der Waals surface area contributed by atoms with E-state index in [2.05, 4.69) is 4.90 Å². The monoisotopic (exact) mass is 517 g/mol. The summed E-state index contributed by atoms with van der Waals surface area (Å²) in [4.78, 5) is 17.2. The number of nitrogens with zero attached hydrogens (tertiary/aromatic N) is 3. The van der Waals surface area contributed by atoms with Crippen molar-refractivity contribution in [1.29, 1.82) is 0 Å². The van der Waals surface area contributed by atoms with Gasteiger partial charge < -0.3 is 9.80 Å². The molecule has 0 saturated carbocycles. The molecular weight excluding hydrogens is 493 g/mol. The van der Waals surface area contributed by atoms with Crippen LogP contribution < -0.4 is 4.90 Å². The van der Waals surface area contributed by atoms with Crippen molar-refractivity contribution in [2.75, 3.05) is 37.6 Å². The van der Waals surface area contributed by atoms with E-state index in [1.54, 1.807) is 59.5 Å². The SMILES string of the molecule is O=C(CN(Cc1ccc(Cl)cc1)S(=O)(=O)c1ccccc1)N1CCN(c2cccc(Cl)c2)CC1. The second-order valence-electron chi connectivity index (χ2n) is 8.06. The van der Waals surface area contributed by atoms with Crippen LogP contribution in [-0.2, 0) is 21.4 Å². The molecule has 0 unspecified atom stereocenters. The van der Waals surface area contributed by atoms with Crippen LogP contribution in [0.5, 0.6) is 0 Å². The highest BCUT2D eigenvalue weighted by Crippen LogP contribution is 2.22. The topological polar surface area (TPSA) is 60.9 Å². The Morgan fingerprint density at radius 2 is 1.50 bits per heavy atom. The van der Waals surface area contributed by atoms with Gasteiger partial charge in [0.05, 0.1) is 11.4 Å². The molecule has 1 aliphatic heterocycles. The first-order valence-electron chi connectivity index (χ1n) is 10.9. The van der Waals surface area contributed by atoms with Gasteiger partial charge in [-0.25, -0.2) is 8.42 Å². The average Bonchev–Trinajstić information content (AvgIpc) is 2.85. The number of carbonyl (C=O) groups excluding carboxylic acids is 1. The summed E-state index contributed by atoms with van der Waals surface area (Å²) in [5, 5.41) is 1.23. The van der Waals surface area contributed by atoms with E-state index in [1.807, 2.05) is 24.3 Å². The standard InChI is InChI=1S/C25H25Cl2N3O3S/c26-21-11-9-20(10-12-21)18-30(34(32,33)24-7-2-1-3-8-24)19-25(31)29-15-13-28(14-16-29)23-6-4-5-22(27)17-23/h1-12,17H,13-16,18-19H2. The number of hydrogen-bond acceptors (Lipinski definition) is 4. The molecule has 0 N–H and O–H groups in total. The van der Waals surface area contributed by atoms with E-state index in [0.717, 1.165) is 11.3 Å². The predicted molar refractivity (Wildman–Crippen MR) is 136 cm³/mol. The van der Waals surface area contributed by atoms with E-state index < -0.39 is 10.0 Å². The van der Waals surface area contributed by atoms with E-state index in [9.17, 15) is 13.2 Å². The molecule has 0 atom stereocenters. The Hall–Kier alpha value is -2.58. The van der Waals surface area contributed by atoms with Gasteiger partial charge in [0.1, 0.15) is 0 Å². The number of benzene rings is 3. The molecule has 6 nitrogen and oxygen atoms in total. The maximum absolute atomic E-state index is 13.4. The summed E-state index contributed by atoms with van der Waals surface area (Å²) in [6.07, 6.45) is 0. The first-order valence-corrected chi connectivity index (χ1v) is 13.1. The lowest BCUT2D eigenvalue weighted by Crippen LogP contribution is -2.51. The van der Waals surface area contributed by atoms with Gasteiger partial charge in [0.2, 0.25) is 15.9 Å². The Morgan fingerprint density at radius 1 is 0.824 bits per heavy atom.